The van der Waals surface area contributed by atoms with Gasteiger partial charge in [0.15, 0.2) is 31.0 Å². The molecule has 0 aromatic carbocycles. The standard InChI is InChI=1S/2C30H49N10O18P3S/c1-39-15-40(25-22(39)26(44)38-28(31)37-25)27-23(43)24(17(55-27)13-54-60(50,51)58-61(52,53)57-59(47,48)49)56-30(46)34-12-11-33-20(42)8-3-2-6-10-32-19(41)9-5-4-7-18-21-16(14-62-18)35-29(45)36-21;1-39-15-40(25-22(39)26(44)38-28(31)37-25)27-24(23(43)17(55-27)13-54-60(50,51)58-61(52,53)57-59(47,48)49)56-30(46)34-12-11-33-20(42)8-3-2-6-10-32-19(41)9-5-4-7-18-21-16(14-62-18)35-29(45)36-21/h2*15-18,21,23-24,27,43H,2-14H2,1H3,(H11-,31,32,33,34,35,36,37,38,41,42,44,45,46,47,48,49,50,51,52,53)/t2*16-,17+,18-,21-,23+,24+,27+/m00/s1. The fourth-order valence-corrected chi connectivity index (χ4v) is 23.0. The van der Waals surface area contributed by atoms with E-state index in [9.17, 15) is 115 Å². The average molecular weight is 1930 g/mol. The van der Waals surface area contributed by atoms with E-state index in [-0.39, 0.29) is 133 Å². The summed E-state index contributed by atoms with van der Waals surface area (Å²) in [6, 6.07) is 0.382. The zero-order valence-electron chi connectivity index (χ0n) is 66.0. The van der Waals surface area contributed by atoms with Crippen LogP contribution in [0.25, 0.3) is 22.3 Å². The number of anilines is 2. The maximum absolute atomic E-state index is 12.9. The van der Waals surface area contributed by atoms with Crippen molar-refractivity contribution in [3.8, 4) is 0 Å². The Morgan fingerprint density at radius 3 is 1.29 bits per heavy atom. The van der Waals surface area contributed by atoms with Crippen molar-refractivity contribution >= 4 is 153 Å². The van der Waals surface area contributed by atoms with E-state index in [2.05, 4.69) is 99.4 Å². The minimum atomic E-state index is -5.95. The van der Waals surface area contributed by atoms with E-state index in [1.165, 1.54) is 35.9 Å². The number of phosphoric acid groups is 6. The maximum Gasteiger partial charge on any atom is 0.487 e. The van der Waals surface area contributed by atoms with Gasteiger partial charge in [-0.3, -0.25) is 66.0 Å². The first kappa shape index (κ1) is 100. The Labute approximate surface area is 710 Å². The van der Waals surface area contributed by atoms with Crippen molar-refractivity contribution in [2.75, 3.05) is 75.5 Å². The number of nitrogens with one attached hydrogen (secondary N) is 12. The number of aliphatic hydroxyl groups is 2. The van der Waals surface area contributed by atoms with Gasteiger partial charge in [0, 0.05) is 87.0 Å². The molecule has 6 aliphatic heterocycles. The lowest BCUT2D eigenvalue weighted by Crippen LogP contribution is -2.49. The van der Waals surface area contributed by atoms with Gasteiger partial charge in [0.1, 0.15) is 18.3 Å². The van der Waals surface area contributed by atoms with Crippen LogP contribution in [0.15, 0.2) is 22.2 Å². The Morgan fingerprint density at radius 1 is 0.500 bits per heavy atom. The van der Waals surface area contributed by atoms with E-state index in [0.717, 1.165) is 59.2 Å². The summed E-state index contributed by atoms with van der Waals surface area (Å²) in [5.74, 6) is 0.450. The SMILES string of the molecule is Cn1c[n+]([C@@H]2O[C@H](COP(=O)(O)OP(=O)(O)OP(=O)([O-])O)[C@@H](O)[C@H]2OC(=O)NCCNC(=O)CCCCCNC(=O)CCCC[C@@H]2SC[C@@H]3NC(=O)N[C@@H]32)c2nc(N)[nH]c(=O)c21.Cn1c[n+]([C@@H]2O[C@H](COP(=O)(O)OP(=O)(O)OP(=O)([O-])O)[C@@H](OC(=O)NCCNC(=O)CCCCCNC(=O)CCCC[C@@H]3SC[C@@H]4NC(=O)N[C@@H]43)[C@H]2O)c2nc(N)[nH]c(=O)c21. The number of aromatic amines is 2. The Hall–Kier alpha value is -7.38. The smallest absolute Gasteiger partial charge is 0.487 e. The van der Waals surface area contributed by atoms with Crippen LogP contribution >= 0.6 is 70.5 Å². The zero-order valence-corrected chi connectivity index (χ0v) is 73.0. The first-order valence-corrected chi connectivity index (χ1v) is 49.3. The third kappa shape index (κ3) is 30.4. The first-order chi connectivity index (χ1) is 58.2. The number of aryl methyl sites for hydroxylation is 2. The highest BCUT2D eigenvalue weighted by molar-refractivity contribution is 8.00. The largest absolute Gasteiger partial charge is 0.756 e. The van der Waals surface area contributed by atoms with Crippen molar-refractivity contribution in [3.05, 3.63) is 33.4 Å². The number of nitrogens with zero attached hydrogens (tertiary/aromatic N) is 6. The highest BCUT2D eigenvalue weighted by Gasteiger charge is 2.54. The molecular formula is C60H98N20O36P6S2. The number of fused-ring (bicyclic) bond motifs is 4. The van der Waals surface area contributed by atoms with E-state index in [1.807, 2.05) is 23.5 Å². The number of unbranched alkanes of at least 4 members (excludes halogenated alkanes) is 6. The van der Waals surface area contributed by atoms with Crippen molar-refractivity contribution in [1.82, 2.24) is 82.2 Å². The summed E-state index contributed by atoms with van der Waals surface area (Å²) in [6.45, 7) is -1.69. The number of imidazole rings is 2. The van der Waals surface area contributed by atoms with E-state index >= 15 is 0 Å². The lowest BCUT2D eigenvalue weighted by Gasteiger charge is -2.23. The Kier molecular flexibility index (Phi) is 36.1. The highest BCUT2D eigenvalue weighted by atomic mass is 32.2. The van der Waals surface area contributed by atoms with E-state index < -0.39 is 133 Å². The number of nitrogens with two attached hydrogens (primary N) is 2. The van der Waals surface area contributed by atoms with Crippen LogP contribution in [0.5, 0.6) is 0 Å². The molecule has 6 unspecified atom stereocenters. The van der Waals surface area contributed by atoms with Crippen LogP contribution in [0.1, 0.15) is 115 Å². The van der Waals surface area contributed by atoms with Gasteiger partial charge in [0.25, 0.3) is 38.7 Å². The molecule has 24 N–H and O–H groups in total. The van der Waals surface area contributed by atoms with E-state index in [1.54, 1.807) is 0 Å². The number of phosphoric ester groups is 2. The van der Waals surface area contributed by atoms with Crippen LogP contribution in [0, 0.1) is 0 Å². The Morgan fingerprint density at radius 2 is 0.871 bits per heavy atom. The van der Waals surface area contributed by atoms with Gasteiger partial charge in [-0.2, -0.15) is 32.1 Å². The van der Waals surface area contributed by atoms with Crippen LogP contribution in [-0.2, 0) is 106 Å². The first-order valence-electron chi connectivity index (χ1n) is 38.3. The van der Waals surface area contributed by atoms with Gasteiger partial charge in [0.2, 0.25) is 47.1 Å². The molecular weight excluding hydrogens is 1830 g/mol. The number of hydrogen-bond donors (Lipinski definition) is 22. The molecule has 56 nitrogen and oxygen atoms in total. The van der Waals surface area contributed by atoms with Crippen molar-refractivity contribution < 1.29 is 169 Å². The third-order valence-corrected chi connectivity index (χ3v) is 29.8. The molecule has 64 heteroatoms. The molecule has 10 rings (SSSR count). The van der Waals surface area contributed by atoms with E-state index in [4.69, 9.17) is 40.2 Å². The molecule has 10 amide bonds. The summed E-state index contributed by atoms with van der Waals surface area (Å²) < 4.78 is 121. The van der Waals surface area contributed by atoms with Gasteiger partial charge in [0.05, 0.1) is 51.5 Å². The average Bonchev–Trinajstić information content (AvgIpc) is 1.60. The number of amides is 10. The number of carbonyl (C=O) groups is 8. The lowest BCUT2D eigenvalue weighted by molar-refractivity contribution is -0.746. The number of urea groups is 2. The van der Waals surface area contributed by atoms with Gasteiger partial charge in [-0.25, -0.2) is 55.2 Å². The molecule has 4 aromatic heterocycles. The number of rotatable bonds is 46. The summed E-state index contributed by atoms with van der Waals surface area (Å²) in [7, 11) is -32.2. The van der Waals surface area contributed by atoms with Gasteiger partial charge < -0.3 is 133 Å². The number of alkyl carbamates (subject to hydrolysis) is 2. The maximum atomic E-state index is 12.9. The number of aromatic nitrogens is 8. The second-order valence-corrected chi connectivity index (χ2v) is 40.0. The Balaban J connectivity index is 0.000000281. The quantitative estimate of drug-likeness (QED) is 0.00857. The van der Waals surface area contributed by atoms with Crippen LogP contribution < -0.4 is 94.7 Å². The molecule has 10 heterocycles. The molecule has 0 saturated carbocycles. The molecule has 0 aliphatic carbocycles. The zero-order chi connectivity index (χ0) is 90.8. The van der Waals surface area contributed by atoms with Crippen molar-refractivity contribution in [1.29, 1.82) is 0 Å². The number of nitrogen functional groups attached to an aromatic ring is 2. The third-order valence-electron chi connectivity index (χ3n) is 19.3. The summed E-state index contributed by atoms with van der Waals surface area (Å²) >= 11 is 3.67. The van der Waals surface area contributed by atoms with E-state index in [0.29, 0.717) is 75.0 Å². The minimum Gasteiger partial charge on any atom is -0.756 e. The van der Waals surface area contributed by atoms with Gasteiger partial charge in [-0.1, -0.05) is 35.7 Å². The second-order valence-electron chi connectivity index (χ2n) is 28.7. The molecule has 4 aromatic rings. The summed E-state index contributed by atoms with van der Waals surface area (Å²) in [6.07, 6.45) is -3.32. The van der Waals surface area contributed by atoms with Gasteiger partial charge in [-0.05, 0) is 51.4 Å². The topological polar surface area (TPSA) is 821 Å². The van der Waals surface area contributed by atoms with Crippen LogP contribution in [-0.4, -0.2) is 252 Å². The Bertz CT molecular complexity index is 4910. The van der Waals surface area contributed by atoms with Crippen LogP contribution in [0.4, 0.5) is 31.1 Å². The summed E-state index contributed by atoms with van der Waals surface area (Å²) in [5.41, 5.74) is 9.77. The van der Waals surface area contributed by atoms with Crippen LogP contribution in [0.2, 0.25) is 0 Å². The molecule has 6 fully saturated rings. The van der Waals surface area contributed by atoms with Crippen molar-refractivity contribution in [3.63, 3.8) is 0 Å². The predicted molar refractivity (Wildman–Crippen MR) is 420 cm³/mol. The fourth-order valence-electron chi connectivity index (χ4n) is 13.9. The molecule has 124 heavy (non-hydrogen) atoms. The highest BCUT2D eigenvalue weighted by Crippen LogP contribution is 2.67. The number of hydrogen-bond acceptors (Lipinski definition) is 36. The van der Waals surface area contributed by atoms with Crippen molar-refractivity contribution in [2.45, 2.75) is 186 Å². The lowest BCUT2D eigenvalue weighted by atomic mass is 10.0. The van der Waals surface area contributed by atoms with Crippen LogP contribution in [0.3, 0.4) is 0 Å². The number of H-pyrrole nitrogens is 2. The molecule has 0 bridgehead atoms. The number of carbonyl (C=O) groups excluding carboxylic acids is 8. The summed E-state index contributed by atoms with van der Waals surface area (Å²) in [4.78, 5) is 213. The van der Waals surface area contributed by atoms with Crippen molar-refractivity contribution in [2.24, 2.45) is 14.1 Å². The normalized spacial score (nSPS) is 26.1. The molecule has 0 radical (unpaired) electrons. The van der Waals surface area contributed by atoms with Gasteiger partial charge >= 0.3 is 66.8 Å². The number of aliphatic hydroxyl groups excluding tert-OH is 2. The molecule has 0 spiro atoms. The molecule has 6 saturated heterocycles. The second kappa shape index (κ2) is 44.6. The fraction of sp³-hybridized carbons (Fsp3) is 0.700. The van der Waals surface area contributed by atoms with Gasteiger partial charge in [-0.15, -0.1) is 0 Å². The summed E-state index contributed by atoms with van der Waals surface area (Å²) in [5, 5.41) is 50.6. The molecule has 696 valence electrons. The monoisotopic (exact) mass is 1920 g/mol. The minimum absolute atomic E-state index is 0.0217. The number of ether oxygens (including phenoxy) is 4. The molecule has 6 aliphatic rings. The predicted octanol–water partition coefficient (Wildman–Crippen LogP) is -4.57. The molecule has 20 atom stereocenters. The number of thioether (sulfide) groups is 2.